The molecule has 0 aliphatic heterocycles. The fraction of sp³-hybridized carbons (Fsp3) is 0.130. The van der Waals surface area contributed by atoms with Gasteiger partial charge >= 0.3 is 0 Å². The van der Waals surface area contributed by atoms with E-state index in [1.165, 1.54) is 11.1 Å². The Labute approximate surface area is 159 Å². The summed E-state index contributed by atoms with van der Waals surface area (Å²) >= 11 is 0. The van der Waals surface area contributed by atoms with Crippen molar-refractivity contribution in [1.82, 2.24) is 20.3 Å². The van der Waals surface area contributed by atoms with E-state index in [0.29, 0.717) is 13.1 Å². The summed E-state index contributed by atoms with van der Waals surface area (Å²) < 4.78 is 0. The molecule has 4 nitrogen and oxygen atoms in total. The SMILES string of the molecule is c1ccc(CNCc2nn(Cc3ccccc3)nc2-c2ccccc2)cc1. The van der Waals surface area contributed by atoms with Crippen molar-refractivity contribution in [2.75, 3.05) is 0 Å². The Bertz CT molecular complexity index is 963. The molecule has 0 unspecified atom stereocenters. The minimum absolute atomic E-state index is 0.666. The first-order valence-electron chi connectivity index (χ1n) is 9.16. The molecule has 0 atom stereocenters. The topological polar surface area (TPSA) is 42.7 Å². The molecular weight excluding hydrogens is 332 g/mol. The lowest BCUT2D eigenvalue weighted by atomic mass is 10.1. The van der Waals surface area contributed by atoms with E-state index < -0.39 is 0 Å². The molecule has 0 bridgehead atoms. The first-order valence-corrected chi connectivity index (χ1v) is 9.16. The summed E-state index contributed by atoms with van der Waals surface area (Å²) in [5.74, 6) is 0. The number of rotatable bonds is 7. The van der Waals surface area contributed by atoms with E-state index in [4.69, 9.17) is 10.2 Å². The molecule has 1 heterocycles. The molecule has 4 aromatic rings. The Balaban J connectivity index is 1.54. The van der Waals surface area contributed by atoms with Crippen molar-refractivity contribution in [3.05, 3.63) is 108 Å². The second kappa shape index (κ2) is 8.43. The number of aromatic nitrogens is 3. The van der Waals surface area contributed by atoms with Gasteiger partial charge in [0.25, 0.3) is 0 Å². The molecule has 0 fully saturated rings. The van der Waals surface area contributed by atoms with Crippen LogP contribution in [0.3, 0.4) is 0 Å². The molecule has 0 aliphatic rings. The molecule has 1 N–H and O–H groups in total. The second-order valence-corrected chi connectivity index (χ2v) is 6.47. The minimum atomic E-state index is 0.666. The Morgan fingerprint density at radius 3 is 1.89 bits per heavy atom. The van der Waals surface area contributed by atoms with Crippen LogP contribution in [0.15, 0.2) is 91.0 Å². The highest BCUT2D eigenvalue weighted by molar-refractivity contribution is 5.60. The van der Waals surface area contributed by atoms with Crippen LogP contribution in [0.4, 0.5) is 0 Å². The summed E-state index contributed by atoms with van der Waals surface area (Å²) in [7, 11) is 0. The van der Waals surface area contributed by atoms with Gasteiger partial charge in [-0.15, -0.1) is 0 Å². The Kier molecular flexibility index (Phi) is 5.36. The molecule has 4 rings (SSSR count). The number of hydrogen-bond donors (Lipinski definition) is 1. The molecule has 3 aromatic carbocycles. The maximum Gasteiger partial charge on any atom is 0.117 e. The zero-order valence-corrected chi connectivity index (χ0v) is 15.1. The number of benzene rings is 3. The van der Waals surface area contributed by atoms with Crippen LogP contribution >= 0.6 is 0 Å². The normalized spacial score (nSPS) is 10.8. The van der Waals surface area contributed by atoms with Crippen molar-refractivity contribution >= 4 is 0 Å². The zero-order valence-electron chi connectivity index (χ0n) is 15.1. The first-order chi connectivity index (χ1) is 13.4. The van der Waals surface area contributed by atoms with Gasteiger partial charge in [-0.25, -0.2) is 0 Å². The molecule has 0 aliphatic carbocycles. The van der Waals surface area contributed by atoms with Crippen molar-refractivity contribution in [3.63, 3.8) is 0 Å². The van der Waals surface area contributed by atoms with Gasteiger partial charge in [0.15, 0.2) is 0 Å². The highest BCUT2D eigenvalue weighted by Crippen LogP contribution is 2.20. The van der Waals surface area contributed by atoms with Gasteiger partial charge in [-0.1, -0.05) is 91.0 Å². The average Bonchev–Trinajstić information content (AvgIpc) is 3.13. The Hall–Kier alpha value is -3.24. The van der Waals surface area contributed by atoms with Gasteiger partial charge in [0, 0.05) is 18.7 Å². The summed E-state index contributed by atoms with van der Waals surface area (Å²) in [6.07, 6.45) is 0. The lowest BCUT2D eigenvalue weighted by molar-refractivity contribution is 0.576. The van der Waals surface area contributed by atoms with E-state index in [-0.39, 0.29) is 0 Å². The average molecular weight is 354 g/mol. The van der Waals surface area contributed by atoms with E-state index in [9.17, 15) is 0 Å². The highest BCUT2D eigenvalue weighted by atomic mass is 15.5. The zero-order chi connectivity index (χ0) is 18.3. The monoisotopic (exact) mass is 354 g/mol. The third-order valence-electron chi connectivity index (χ3n) is 4.40. The quantitative estimate of drug-likeness (QED) is 0.538. The van der Waals surface area contributed by atoms with Crippen LogP contribution in [0.1, 0.15) is 16.8 Å². The molecule has 0 saturated heterocycles. The van der Waals surface area contributed by atoms with Gasteiger partial charge < -0.3 is 5.32 Å². The van der Waals surface area contributed by atoms with Crippen LogP contribution < -0.4 is 5.32 Å². The van der Waals surface area contributed by atoms with Crippen molar-refractivity contribution in [1.29, 1.82) is 0 Å². The van der Waals surface area contributed by atoms with Gasteiger partial charge in [0.2, 0.25) is 0 Å². The number of nitrogens with one attached hydrogen (secondary N) is 1. The molecule has 134 valence electrons. The van der Waals surface area contributed by atoms with Crippen molar-refractivity contribution < 1.29 is 0 Å². The molecule has 0 saturated carbocycles. The summed E-state index contributed by atoms with van der Waals surface area (Å²) in [4.78, 5) is 1.79. The molecule has 0 radical (unpaired) electrons. The van der Waals surface area contributed by atoms with E-state index in [1.807, 2.05) is 42.5 Å². The second-order valence-electron chi connectivity index (χ2n) is 6.47. The molecule has 1 aromatic heterocycles. The van der Waals surface area contributed by atoms with Crippen molar-refractivity contribution in [2.45, 2.75) is 19.6 Å². The smallest absolute Gasteiger partial charge is 0.117 e. The molecule has 0 spiro atoms. The first kappa shape index (κ1) is 17.2. The van der Waals surface area contributed by atoms with Crippen LogP contribution in [0, 0.1) is 0 Å². The highest BCUT2D eigenvalue weighted by Gasteiger charge is 2.13. The van der Waals surface area contributed by atoms with E-state index >= 15 is 0 Å². The largest absolute Gasteiger partial charge is 0.307 e. The van der Waals surface area contributed by atoms with Crippen LogP contribution in [-0.4, -0.2) is 15.0 Å². The lowest BCUT2D eigenvalue weighted by Gasteiger charge is -2.04. The number of nitrogens with zero attached hydrogens (tertiary/aromatic N) is 3. The third kappa shape index (κ3) is 4.49. The Morgan fingerprint density at radius 2 is 1.22 bits per heavy atom. The van der Waals surface area contributed by atoms with Gasteiger partial charge in [0.1, 0.15) is 11.4 Å². The van der Waals surface area contributed by atoms with Crippen LogP contribution in [0.25, 0.3) is 11.3 Å². The van der Waals surface area contributed by atoms with Gasteiger partial charge in [0.05, 0.1) is 6.54 Å². The predicted molar refractivity (Wildman–Crippen MR) is 108 cm³/mol. The maximum atomic E-state index is 4.77. The standard InChI is InChI=1S/C23H22N4/c1-4-10-19(11-5-1)16-24-17-22-23(21-14-8-3-9-15-21)26-27(25-22)18-20-12-6-2-7-13-20/h1-15,24H,16-18H2. The molecular formula is C23H22N4. The van der Waals surface area contributed by atoms with E-state index in [1.54, 1.807) is 4.80 Å². The van der Waals surface area contributed by atoms with Gasteiger partial charge in [-0.05, 0) is 11.1 Å². The summed E-state index contributed by atoms with van der Waals surface area (Å²) in [6, 6.07) is 30.9. The van der Waals surface area contributed by atoms with E-state index in [0.717, 1.165) is 23.5 Å². The van der Waals surface area contributed by atoms with Gasteiger partial charge in [-0.3, -0.25) is 0 Å². The molecule has 0 amide bonds. The molecule has 4 heteroatoms. The summed E-state index contributed by atoms with van der Waals surface area (Å²) in [5, 5.41) is 13.0. The summed E-state index contributed by atoms with van der Waals surface area (Å²) in [5.41, 5.74) is 5.44. The lowest BCUT2D eigenvalue weighted by Crippen LogP contribution is -2.14. The van der Waals surface area contributed by atoms with Crippen molar-refractivity contribution in [2.24, 2.45) is 0 Å². The van der Waals surface area contributed by atoms with Gasteiger partial charge in [-0.2, -0.15) is 15.0 Å². The number of hydrogen-bond acceptors (Lipinski definition) is 3. The third-order valence-corrected chi connectivity index (χ3v) is 4.40. The predicted octanol–water partition coefficient (Wildman–Crippen LogP) is 4.28. The molecule has 27 heavy (non-hydrogen) atoms. The van der Waals surface area contributed by atoms with E-state index in [2.05, 4.69) is 53.8 Å². The summed E-state index contributed by atoms with van der Waals surface area (Å²) in [6.45, 7) is 2.15. The Morgan fingerprint density at radius 1 is 0.630 bits per heavy atom. The minimum Gasteiger partial charge on any atom is -0.307 e. The fourth-order valence-electron chi connectivity index (χ4n) is 3.06. The van der Waals surface area contributed by atoms with Crippen LogP contribution in [0.5, 0.6) is 0 Å². The fourth-order valence-corrected chi connectivity index (χ4v) is 3.06. The van der Waals surface area contributed by atoms with Crippen LogP contribution in [-0.2, 0) is 19.6 Å². The van der Waals surface area contributed by atoms with Crippen LogP contribution in [0.2, 0.25) is 0 Å². The maximum absolute atomic E-state index is 4.77. The van der Waals surface area contributed by atoms with Crippen molar-refractivity contribution in [3.8, 4) is 11.3 Å².